The van der Waals surface area contributed by atoms with Crippen LogP contribution in [0.4, 0.5) is 0 Å². The van der Waals surface area contributed by atoms with Crippen molar-refractivity contribution in [3.8, 4) is 5.75 Å². The van der Waals surface area contributed by atoms with E-state index in [1.165, 1.54) is 11.1 Å². The molecule has 1 aromatic carbocycles. The van der Waals surface area contributed by atoms with Crippen LogP contribution in [0.15, 0.2) is 18.2 Å². The van der Waals surface area contributed by atoms with E-state index in [1.54, 1.807) is 7.11 Å². The summed E-state index contributed by atoms with van der Waals surface area (Å²) in [5, 5.41) is 0. The predicted octanol–water partition coefficient (Wildman–Crippen LogP) is 2.39. The molecule has 16 heavy (non-hydrogen) atoms. The van der Waals surface area contributed by atoms with Gasteiger partial charge >= 0.3 is 0 Å². The van der Waals surface area contributed by atoms with Crippen molar-refractivity contribution >= 4 is 5.78 Å². The van der Waals surface area contributed by atoms with Gasteiger partial charge in [0.25, 0.3) is 0 Å². The first-order valence-electron chi connectivity index (χ1n) is 5.94. The van der Waals surface area contributed by atoms with Crippen LogP contribution in [-0.2, 0) is 17.6 Å². The van der Waals surface area contributed by atoms with E-state index in [2.05, 4.69) is 12.1 Å². The molecular formula is C14H16O2. The number of ketones is 1. The SMILES string of the molecule is COc1cccc2c1CC1CC(=O)CC1C2. The zero-order valence-corrected chi connectivity index (χ0v) is 9.53. The molecule has 2 atom stereocenters. The first-order chi connectivity index (χ1) is 7.78. The van der Waals surface area contributed by atoms with Crippen molar-refractivity contribution in [3.05, 3.63) is 29.3 Å². The van der Waals surface area contributed by atoms with E-state index in [4.69, 9.17) is 4.74 Å². The van der Waals surface area contributed by atoms with E-state index in [9.17, 15) is 4.79 Å². The molecule has 84 valence electrons. The third kappa shape index (κ3) is 1.44. The summed E-state index contributed by atoms with van der Waals surface area (Å²) in [6.45, 7) is 0. The second kappa shape index (κ2) is 3.62. The summed E-state index contributed by atoms with van der Waals surface area (Å²) >= 11 is 0. The van der Waals surface area contributed by atoms with Gasteiger partial charge in [0, 0.05) is 12.8 Å². The second-order valence-electron chi connectivity index (χ2n) is 4.97. The molecule has 1 fully saturated rings. The van der Waals surface area contributed by atoms with Crippen LogP contribution in [0, 0.1) is 11.8 Å². The van der Waals surface area contributed by atoms with Crippen molar-refractivity contribution in [1.82, 2.24) is 0 Å². The number of methoxy groups -OCH3 is 1. The van der Waals surface area contributed by atoms with Crippen LogP contribution < -0.4 is 4.74 Å². The van der Waals surface area contributed by atoms with Crippen molar-refractivity contribution in [2.45, 2.75) is 25.7 Å². The highest BCUT2D eigenvalue weighted by Gasteiger charge is 2.37. The first kappa shape index (κ1) is 9.88. The van der Waals surface area contributed by atoms with Gasteiger partial charge in [-0.15, -0.1) is 0 Å². The average Bonchev–Trinajstić information content (AvgIpc) is 2.64. The van der Waals surface area contributed by atoms with E-state index in [1.807, 2.05) is 6.07 Å². The third-order valence-corrected chi connectivity index (χ3v) is 4.04. The largest absolute Gasteiger partial charge is 0.496 e. The molecule has 2 aliphatic rings. The van der Waals surface area contributed by atoms with Crippen molar-refractivity contribution in [3.63, 3.8) is 0 Å². The number of benzene rings is 1. The Morgan fingerprint density at radius 2 is 1.88 bits per heavy atom. The molecule has 0 aliphatic heterocycles. The summed E-state index contributed by atoms with van der Waals surface area (Å²) in [6, 6.07) is 6.25. The van der Waals surface area contributed by atoms with E-state index in [-0.39, 0.29) is 0 Å². The molecule has 0 aromatic heterocycles. The van der Waals surface area contributed by atoms with Crippen LogP contribution in [0.3, 0.4) is 0 Å². The lowest BCUT2D eigenvalue weighted by Crippen LogP contribution is -2.21. The standard InChI is InChI=1S/C14H16O2/c1-16-14-4-2-3-9-5-10-6-12(15)7-11(10)8-13(9)14/h2-4,10-11H,5-8H2,1H3. The number of hydrogen-bond donors (Lipinski definition) is 0. The lowest BCUT2D eigenvalue weighted by atomic mass is 9.77. The molecule has 1 aromatic rings. The fourth-order valence-electron chi connectivity index (χ4n) is 3.25. The number of hydrogen-bond acceptors (Lipinski definition) is 2. The van der Waals surface area contributed by atoms with Gasteiger partial charge in [0.1, 0.15) is 11.5 Å². The molecule has 0 amide bonds. The van der Waals surface area contributed by atoms with Gasteiger partial charge in [-0.25, -0.2) is 0 Å². The Morgan fingerprint density at radius 1 is 1.12 bits per heavy atom. The fourth-order valence-corrected chi connectivity index (χ4v) is 3.25. The highest BCUT2D eigenvalue weighted by Crippen LogP contribution is 2.42. The van der Waals surface area contributed by atoms with Gasteiger partial charge in [-0.1, -0.05) is 12.1 Å². The number of ether oxygens (including phenoxy) is 1. The molecule has 2 nitrogen and oxygen atoms in total. The van der Waals surface area contributed by atoms with Crippen LogP contribution in [-0.4, -0.2) is 12.9 Å². The number of carbonyl (C=O) groups excluding carboxylic acids is 1. The van der Waals surface area contributed by atoms with Gasteiger partial charge in [0.05, 0.1) is 7.11 Å². The summed E-state index contributed by atoms with van der Waals surface area (Å²) in [5.41, 5.74) is 2.72. The quantitative estimate of drug-likeness (QED) is 0.720. The van der Waals surface area contributed by atoms with Gasteiger partial charge in [0.15, 0.2) is 0 Å². The first-order valence-corrected chi connectivity index (χ1v) is 5.94. The number of carbonyl (C=O) groups is 1. The molecule has 2 unspecified atom stereocenters. The molecule has 1 saturated carbocycles. The summed E-state index contributed by atoms with van der Waals surface area (Å²) < 4.78 is 5.40. The maximum atomic E-state index is 11.5. The maximum Gasteiger partial charge on any atom is 0.133 e. The topological polar surface area (TPSA) is 26.3 Å². The Balaban J connectivity index is 1.98. The molecule has 3 rings (SSSR count). The summed E-state index contributed by atoms with van der Waals surface area (Å²) in [4.78, 5) is 11.5. The fraction of sp³-hybridized carbons (Fsp3) is 0.500. The van der Waals surface area contributed by atoms with Gasteiger partial charge in [0.2, 0.25) is 0 Å². The van der Waals surface area contributed by atoms with Gasteiger partial charge in [-0.2, -0.15) is 0 Å². The van der Waals surface area contributed by atoms with Crippen molar-refractivity contribution < 1.29 is 9.53 Å². The Hall–Kier alpha value is -1.31. The van der Waals surface area contributed by atoms with Gasteiger partial charge in [-0.3, -0.25) is 4.79 Å². The van der Waals surface area contributed by atoms with Crippen LogP contribution >= 0.6 is 0 Å². The minimum Gasteiger partial charge on any atom is -0.496 e. The van der Waals surface area contributed by atoms with Crippen molar-refractivity contribution in [2.24, 2.45) is 11.8 Å². The summed E-state index contributed by atoms with van der Waals surface area (Å²) in [6.07, 6.45) is 3.65. The summed E-state index contributed by atoms with van der Waals surface area (Å²) in [5.74, 6) is 2.60. The Labute approximate surface area is 95.6 Å². The highest BCUT2D eigenvalue weighted by atomic mass is 16.5. The molecule has 0 saturated heterocycles. The minimum absolute atomic E-state index is 0.446. The smallest absolute Gasteiger partial charge is 0.133 e. The lowest BCUT2D eigenvalue weighted by Gasteiger charge is -2.28. The Kier molecular flexibility index (Phi) is 2.23. The van der Waals surface area contributed by atoms with E-state index in [0.717, 1.165) is 31.4 Å². The second-order valence-corrected chi connectivity index (χ2v) is 4.97. The van der Waals surface area contributed by atoms with E-state index < -0.39 is 0 Å². The van der Waals surface area contributed by atoms with Crippen LogP contribution in [0.2, 0.25) is 0 Å². The lowest BCUT2D eigenvalue weighted by molar-refractivity contribution is -0.117. The minimum atomic E-state index is 0.446. The zero-order chi connectivity index (χ0) is 11.1. The van der Waals surface area contributed by atoms with Crippen molar-refractivity contribution in [1.29, 1.82) is 0 Å². The van der Waals surface area contributed by atoms with Gasteiger partial charge in [-0.05, 0) is 41.9 Å². The average molecular weight is 216 g/mol. The number of Topliss-reactive ketones (excluding diaryl/α,β-unsaturated/α-hetero) is 1. The van der Waals surface area contributed by atoms with E-state index >= 15 is 0 Å². The van der Waals surface area contributed by atoms with Crippen molar-refractivity contribution in [2.75, 3.05) is 7.11 Å². The Morgan fingerprint density at radius 3 is 2.62 bits per heavy atom. The molecular weight excluding hydrogens is 200 g/mol. The predicted molar refractivity (Wildman–Crippen MR) is 61.6 cm³/mol. The number of fused-ring (bicyclic) bond motifs is 2. The van der Waals surface area contributed by atoms with Crippen LogP contribution in [0.25, 0.3) is 0 Å². The molecule has 2 heteroatoms. The monoisotopic (exact) mass is 216 g/mol. The summed E-state index contributed by atoms with van der Waals surface area (Å²) in [7, 11) is 1.72. The van der Waals surface area contributed by atoms with Crippen LogP contribution in [0.5, 0.6) is 5.75 Å². The molecule has 0 bridgehead atoms. The Bertz CT molecular complexity index is 436. The highest BCUT2D eigenvalue weighted by molar-refractivity contribution is 5.81. The maximum absolute atomic E-state index is 11.5. The molecule has 0 radical (unpaired) electrons. The normalized spacial score (nSPS) is 27.4. The molecule has 0 N–H and O–H groups in total. The zero-order valence-electron chi connectivity index (χ0n) is 9.53. The number of rotatable bonds is 1. The molecule has 0 spiro atoms. The van der Waals surface area contributed by atoms with Crippen LogP contribution in [0.1, 0.15) is 24.0 Å². The molecule has 0 heterocycles. The van der Waals surface area contributed by atoms with E-state index in [0.29, 0.717) is 17.6 Å². The third-order valence-electron chi connectivity index (χ3n) is 4.04. The molecule has 2 aliphatic carbocycles. The van der Waals surface area contributed by atoms with Gasteiger partial charge < -0.3 is 4.74 Å².